The minimum absolute atomic E-state index is 0.211. The van der Waals surface area contributed by atoms with E-state index in [4.69, 9.17) is 4.74 Å². The summed E-state index contributed by atoms with van der Waals surface area (Å²) in [7, 11) is 0. The number of carbonyl (C=O) groups is 1. The summed E-state index contributed by atoms with van der Waals surface area (Å²) in [6, 6.07) is 2.27. The van der Waals surface area contributed by atoms with Crippen molar-refractivity contribution in [2.45, 2.75) is 32.1 Å². The number of rotatable bonds is 2. The molecule has 2 aliphatic rings. The summed E-state index contributed by atoms with van der Waals surface area (Å²) < 4.78 is 32.7. The zero-order chi connectivity index (χ0) is 13.1. The Kier molecular flexibility index (Phi) is 2.28. The molecule has 1 fully saturated rings. The van der Waals surface area contributed by atoms with E-state index in [1.165, 1.54) is 0 Å². The standard InChI is InChI=1S/C14H14F2O2/c1-3-18-13(17)14-6-8(14)12-10(16)5-4-9(15)11(12)7(14)2/h4-5,7-8H,3,6H2,1-2H3. The third-order valence-corrected chi connectivity index (χ3v) is 4.39. The maximum atomic E-state index is 13.8. The van der Waals surface area contributed by atoms with Crippen molar-refractivity contribution in [2.75, 3.05) is 6.61 Å². The van der Waals surface area contributed by atoms with E-state index in [0.29, 0.717) is 24.2 Å². The van der Waals surface area contributed by atoms with Gasteiger partial charge in [-0.15, -0.1) is 0 Å². The Hall–Kier alpha value is -1.45. The van der Waals surface area contributed by atoms with E-state index in [9.17, 15) is 13.6 Å². The van der Waals surface area contributed by atoms with Crippen LogP contribution in [0.2, 0.25) is 0 Å². The zero-order valence-corrected chi connectivity index (χ0v) is 10.3. The van der Waals surface area contributed by atoms with E-state index >= 15 is 0 Å². The molecular weight excluding hydrogens is 238 g/mol. The van der Waals surface area contributed by atoms with Gasteiger partial charge in [0.2, 0.25) is 0 Å². The highest BCUT2D eigenvalue weighted by Crippen LogP contribution is 2.73. The van der Waals surface area contributed by atoms with E-state index < -0.39 is 17.0 Å². The van der Waals surface area contributed by atoms with Crippen molar-refractivity contribution in [1.29, 1.82) is 0 Å². The molecule has 0 heterocycles. The van der Waals surface area contributed by atoms with Gasteiger partial charge < -0.3 is 4.74 Å². The van der Waals surface area contributed by atoms with Gasteiger partial charge in [0.25, 0.3) is 0 Å². The number of hydrogen-bond acceptors (Lipinski definition) is 2. The third-order valence-electron chi connectivity index (χ3n) is 4.39. The Morgan fingerprint density at radius 3 is 2.56 bits per heavy atom. The molecule has 3 atom stereocenters. The van der Waals surface area contributed by atoms with Gasteiger partial charge in [-0.2, -0.15) is 0 Å². The lowest BCUT2D eigenvalue weighted by atomic mass is 9.88. The largest absolute Gasteiger partial charge is 0.466 e. The maximum Gasteiger partial charge on any atom is 0.313 e. The minimum atomic E-state index is -0.721. The molecule has 2 nitrogen and oxygen atoms in total. The highest BCUT2D eigenvalue weighted by Gasteiger charge is 2.70. The van der Waals surface area contributed by atoms with Gasteiger partial charge in [-0.25, -0.2) is 8.78 Å². The van der Waals surface area contributed by atoms with Gasteiger partial charge >= 0.3 is 5.97 Å². The number of hydrogen-bond donors (Lipinski definition) is 0. The quantitative estimate of drug-likeness (QED) is 0.756. The molecule has 3 rings (SSSR count). The van der Waals surface area contributed by atoms with Crippen LogP contribution in [0.4, 0.5) is 8.78 Å². The van der Waals surface area contributed by atoms with Crippen LogP contribution in [0.25, 0.3) is 0 Å². The lowest BCUT2D eigenvalue weighted by Crippen LogP contribution is -2.23. The molecular formula is C14H14F2O2. The monoisotopic (exact) mass is 252 g/mol. The van der Waals surface area contributed by atoms with Crippen LogP contribution in [0, 0.1) is 17.0 Å². The Morgan fingerprint density at radius 1 is 1.39 bits per heavy atom. The van der Waals surface area contributed by atoms with Crippen molar-refractivity contribution < 1.29 is 18.3 Å². The van der Waals surface area contributed by atoms with Crippen molar-refractivity contribution in [2.24, 2.45) is 5.41 Å². The average molecular weight is 252 g/mol. The molecule has 1 saturated carbocycles. The average Bonchev–Trinajstić information content (AvgIpc) is 3.02. The van der Waals surface area contributed by atoms with Crippen molar-refractivity contribution in [1.82, 2.24) is 0 Å². The summed E-state index contributed by atoms with van der Waals surface area (Å²) in [5.74, 6) is -1.68. The van der Waals surface area contributed by atoms with Crippen LogP contribution in [-0.4, -0.2) is 12.6 Å². The fourth-order valence-electron chi connectivity index (χ4n) is 3.42. The Balaban J connectivity index is 2.08. The third kappa shape index (κ3) is 1.18. The van der Waals surface area contributed by atoms with Crippen LogP contribution in [0.1, 0.15) is 43.2 Å². The molecule has 3 unspecified atom stereocenters. The summed E-state index contributed by atoms with van der Waals surface area (Å²) in [6.45, 7) is 3.81. The topological polar surface area (TPSA) is 26.3 Å². The second kappa shape index (κ2) is 3.53. The summed E-state index contributed by atoms with van der Waals surface area (Å²) in [5, 5.41) is 0. The molecule has 96 valence electrons. The first-order valence-corrected chi connectivity index (χ1v) is 6.19. The number of benzene rings is 1. The maximum absolute atomic E-state index is 13.8. The molecule has 0 radical (unpaired) electrons. The fourth-order valence-corrected chi connectivity index (χ4v) is 3.42. The highest BCUT2D eigenvalue weighted by molar-refractivity contribution is 5.86. The molecule has 0 bridgehead atoms. The van der Waals surface area contributed by atoms with Crippen LogP contribution in [0.5, 0.6) is 0 Å². The van der Waals surface area contributed by atoms with Crippen molar-refractivity contribution in [3.8, 4) is 0 Å². The van der Waals surface area contributed by atoms with Crippen molar-refractivity contribution >= 4 is 5.97 Å². The molecule has 4 heteroatoms. The number of carbonyl (C=O) groups excluding carboxylic acids is 1. The van der Waals surface area contributed by atoms with E-state index in [2.05, 4.69) is 0 Å². The molecule has 1 aromatic carbocycles. The smallest absolute Gasteiger partial charge is 0.313 e. The summed E-state index contributed by atoms with van der Waals surface area (Å²) >= 11 is 0. The van der Waals surface area contributed by atoms with Gasteiger partial charge in [0.15, 0.2) is 0 Å². The molecule has 2 aliphatic carbocycles. The highest BCUT2D eigenvalue weighted by atomic mass is 19.1. The molecule has 0 aliphatic heterocycles. The zero-order valence-electron chi connectivity index (χ0n) is 10.3. The lowest BCUT2D eigenvalue weighted by molar-refractivity contribution is -0.150. The second-order valence-electron chi connectivity index (χ2n) is 5.10. The molecule has 0 N–H and O–H groups in total. The normalized spacial score (nSPS) is 31.8. The van der Waals surface area contributed by atoms with Gasteiger partial charge in [-0.3, -0.25) is 4.79 Å². The first kappa shape index (κ1) is 11.6. The predicted octanol–water partition coefficient (Wildman–Crippen LogP) is 3.12. The van der Waals surface area contributed by atoms with Gasteiger partial charge in [0, 0.05) is 11.8 Å². The molecule has 0 spiro atoms. The second-order valence-corrected chi connectivity index (χ2v) is 5.10. The van der Waals surface area contributed by atoms with E-state index in [1.54, 1.807) is 13.8 Å². The van der Waals surface area contributed by atoms with Crippen LogP contribution >= 0.6 is 0 Å². The summed E-state index contributed by atoms with van der Waals surface area (Å²) in [5.41, 5.74) is 0.0244. The van der Waals surface area contributed by atoms with Crippen LogP contribution in [-0.2, 0) is 9.53 Å². The Morgan fingerprint density at radius 2 is 2.00 bits per heavy atom. The van der Waals surface area contributed by atoms with E-state index in [0.717, 1.165) is 12.1 Å². The molecule has 0 amide bonds. The summed E-state index contributed by atoms with van der Waals surface area (Å²) in [6.07, 6.45) is 0.570. The lowest BCUT2D eigenvalue weighted by Gasteiger charge is -2.18. The predicted molar refractivity (Wildman–Crippen MR) is 61.2 cm³/mol. The molecule has 18 heavy (non-hydrogen) atoms. The molecule has 0 saturated heterocycles. The van der Waals surface area contributed by atoms with E-state index in [-0.39, 0.29) is 17.8 Å². The van der Waals surface area contributed by atoms with Gasteiger partial charge in [0.1, 0.15) is 11.6 Å². The number of fused-ring (bicyclic) bond motifs is 3. The van der Waals surface area contributed by atoms with E-state index in [1.807, 2.05) is 0 Å². The number of esters is 1. The van der Waals surface area contributed by atoms with Gasteiger partial charge in [-0.1, -0.05) is 6.92 Å². The Labute approximate surface area is 104 Å². The molecule has 1 aromatic rings. The van der Waals surface area contributed by atoms with Gasteiger partial charge in [-0.05, 0) is 36.6 Å². The van der Waals surface area contributed by atoms with Crippen LogP contribution < -0.4 is 0 Å². The SMILES string of the molecule is CCOC(=O)C12CC1c1c(F)ccc(F)c1C2C. The Bertz CT molecular complexity index is 520. The summed E-state index contributed by atoms with van der Waals surface area (Å²) in [4.78, 5) is 12.0. The minimum Gasteiger partial charge on any atom is -0.466 e. The first-order chi connectivity index (χ1) is 8.54. The van der Waals surface area contributed by atoms with Crippen molar-refractivity contribution in [3.05, 3.63) is 34.9 Å². The first-order valence-electron chi connectivity index (χ1n) is 6.19. The van der Waals surface area contributed by atoms with Gasteiger partial charge in [0.05, 0.1) is 12.0 Å². The van der Waals surface area contributed by atoms with Crippen molar-refractivity contribution in [3.63, 3.8) is 0 Å². The van der Waals surface area contributed by atoms with Crippen LogP contribution in [0.15, 0.2) is 12.1 Å². The number of ether oxygens (including phenoxy) is 1. The molecule has 0 aromatic heterocycles. The fraction of sp³-hybridized carbons (Fsp3) is 0.500. The number of halogens is 2. The van der Waals surface area contributed by atoms with Crippen LogP contribution in [0.3, 0.4) is 0 Å².